The molecule has 0 aromatic carbocycles. The highest BCUT2D eigenvalue weighted by Crippen LogP contribution is 1.96. The maximum Gasteiger partial charge on any atom is 0.356 e. The first-order chi connectivity index (χ1) is 9.16. The molecule has 0 fully saturated rings. The molecule has 2 heterocycles. The van der Waals surface area contributed by atoms with Crippen LogP contribution in [-0.2, 0) is 6.54 Å². The zero-order valence-corrected chi connectivity index (χ0v) is 9.85. The fourth-order valence-corrected chi connectivity index (χ4v) is 1.42. The maximum absolute atomic E-state index is 11.7. The van der Waals surface area contributed by atoms with E-state index in [4.69, 9.17) is 5.11 Å². The van der Waals surface area contributed by atoms with Gasteiger partial charge in [-0.3, -0.25) is 4.79 Å². The number of carboxylic acids is 1. The molecule has 2 aromatic heterocycles. The summed E-state index contributed by atoms with van der Waals surface area (Å²) >= 11 is 0. The third-order valence-corrected chi connectivity index (χ3v) is 2.35. The molecule has 0 unspecified atom stereocenters. The number of imidazole rings is 1. The summed E-state index contributed by atoms with van der Waals surface area (Å²) in [5.74, 6) is -1.33. The Hall–Kier alpha value is -2.77. The number of nitrogens with one attached hydrogen (secondary N) is 1. The molecular formula is C11H11N5O3. The number of hydrogen-bond acceptors (Lipinski definition) is 5. The Morgan fingerprint density at radius 1 is 1.37 bits per heavy atom. The summed E-state index contributed by atoms with van der Waals surface area (Å²) in [5, 5.41) is 18.6. The van der Waals surface area contributed by atoms with E-state index in [1.54, 1.807) is 10.6 Å². The van der Waals surface area contributed by atoms with E-state index in [9.17, 15) is 9.59 Å². The van der Waals surface area contributed by atoms with Gasteiger partial charge in [0.05, 0.1) is 24.3 Å². The van der Waals surface area contributed by atoms with Crippen LogP contribution in [-0.4, -0.2) is 43.3 Å². The van der Waals surface area contributed by atoms with Gasteiger partial charge in [0.1, 0.15) is 0 Å². The molecule has 0 aliphatic carbocycles. The van der Waals surface area contributed by atoms with E-state index in [0.717, 1.165) is 0 Å². The molecule has 2 rings (SSSR count). The number of carbonyl (C=O) groups is 2. The first-order valence-electron chi connectivity index (χ1n) is 5.47. The van der Waals surface area contributed by atoms with Gasteiger partial charge in [0.15, 0.2) is 5.69 Å². The fourth-order valence-electron chi connectivity index (χ4n) is 1.42. The van der Waals surface area contributed by atoms with Gasteiger partial charge >= 0.3 is 5.97 Å². The number of aromatic carboxylic acids is 1. The molecule has 8 heteroatoms. The number of nitrogens with zero attached hydrogens (tertiary/aromatic N) is 4. The zero-order valence-electron chi connectivity index (χ0n) is 9.85. The van der Waals surface area contributed by atoms with Crippen LogP contribution in [0.25, 0.3) is 0 Å². The van der Waals surface area contributed by atoms with E-state index >= 15 is 0 Å². The lowest BCUT2D eigenvalue weighted by molar-refractivity contribution is 0.0690. The summed E-state index contributed by atoms with van der Waals surface area (Å²) in [7, 11) is 0. The van der Waals surface area contributed by atoms with Gasteiger partial charge in [0.25, 0.3) is 5.91 Å². The molecule has 1 amide bonds. The van der Waals surface area contributed by atoms with Gasteiger partial charge in [-0.25, -0.2) is 9.78 Å². The topological polar surface area (TPSA) is 110 Å². The second-order valence-corrected chi connectivity index (χ2v) is 3.69. The largest absolute Gasteiger partial charge is 0.476 e. The van der Waals surface area contributed by atoms with Gasteiger partial charge in [-0.2, -0.15) is 10.2 Å². The van der Waals surface area contributed by atoms with E-state index in [1.165, 1.54) is 24.9 Å². The van der Waals surface area contributed by atoms with Crippen LogP contribution in [0.5, 0.6) is 0 Å². The Morgan fingerprint density at radius 2 is 2.21 bits per heavy atom. The van der Waals surface area contributed by atoms with Gasteiger partial charge in [0.2, 0.25) is 0 Å². The minimum Gasteiger partial charge on any atom is -0.476 e. The first-order valence-corrected chi connectivity index (χ1v) is 5.47. The van der Waals surface area contributed by atoms with Crippen molar-refractivity contribution in [2.24, 2.45) is 0 Å². The van der Waals surface area contributed by atoms with Crippen LogP contribution in [0.4, 0.5) is 0 Å². The van der Waals surface area contributed by atoms with Crippen LogP contribution in [0.1, 0.15) is 20.8 Å². The summed E-state index contributed by atoms with van der Waals surface area (Å²) < 4.78 is 1.59. The molecule has 0 radical (unpaired) electrons. The van der Waals surface area contributed by atoms with Gasteiger partial charge in [0, 0.05) is 19.3 Å². The van der Waals surface area contributed by atoms with Crippen molar-refractivity contribution in [1.29, 1.82) is 0 Å². The molecule has 0 bridgehead atoms. The Balaban J connectivity index is 1.83. The van der Waals surface area contributed by atoms with E-state index < -0.39 is 5.97 Å². The summed E-state index contributed by atoms with van der Waals surface area (Å²) in [5.41, 5.74) is 0.400. The average Bonchev–Trinajstić information content (AvgIpc) is 2.89. The smallest absolute Gasteiger partial charge is 0.356 e. The Labute approximate surface area is 108 Å². The zero-order chi connectivity index (χ0) is 13.7. The highest BCUT2D eigenvalue weighted by atomic mass is 16.4. The number of aromatic nitrogens is 4. The number of rotatable bonds is 5. The molecule has 2 N–H and O–H groups in total. The van der Waals surface area contributed by atoms with Crippen LogP contribution in [0.2, 0.25) is 0 Å². The van der Waals surface area contributed by atoms with Crippen molar-refractivity contribution in [2.45, 2.75) is 6.54 Å². The van der Waals surface area contributed by atoms with E-state index in [1.807, 2.05) is 0 Å². The Bertz CT molecular complexity index is 581. The van der Waals surface area contributed by atoms with Crippen LogP contribution < -0.4 is 5.32 Å². The molecule has 8 nitrogen and oxygen atoms in total. The first kappa shape index (κ1) is 12.7. The fraction of sp³-hybridized carbons (Fsp3) is 0.182. The number of amides is 1. The summed E-state index contributed by atoms with van der Waals surface area (Å²) in [6, 6.07) is 1.56. The molecule has 0 saturated carbocycles. The number of carboxylic acid groups (broad SMARTS) is 1. The van der Waals surface area contributed by atoms with Crippen molar-refractivity contribution in [3.8, 4) is 0 Å². The molecule has 0 atom stereocenters. The molecule has 0 aliphatic heterocycles. The summed E-state index contributed by atoms with van der Waals surface area (Å²) in [6.07, 6.45) is 5.62. The van der Waals surface area contributed by atoms with Crippen LogP contribution in [0, 0.1) is 0 Å². The molecule has 0 saturated heterocycles. The molecular weight excluding hydrogens is 250 g/mol. The molecule has 19 heavy (non-hydrogen) atoms. The lowest BCUT2D eigenvalue weighted by Gasteiger charge is -2.04. The minimum atomic E-state index is -1.08. The Kier molecular flexibility index (Phi) is 3.81. The Morgan fingerprint density at radius 3 is 2.84 bits per heavy atom. The predicted octanol–water partition coefficient (Wildman–Crippen LogP) is -0.199. The third kappa shape index (κ3) is 3.35. The average molecular weight is 261 g/mol. The van der Waals surface area contributed by atoms with E-state index in [-0.39, 0.29) is 11.6 Å². The van der Waals surface area contributed by atoms with Crippen molar-refractivity contribution < 1.29 is 14.7 Å². The highest BCUT2D eigenvalue weighted by molar-refractivity contribution is 5.93. The molecule has 98 valence electrons. The van der Waals surface area contributed by atoms with Crippen LogP contribution in [0.15, 0.2) is 31.0 Å². The van der Waals surface area contributed by atoms with Crippen molar-refractivity contribution in [3.63, 3.8) is 0 Å². The molecule has 0 spiro atoms. The second kappa shape index (κ2) is 5.71. The maximum atomic E-state index is 11.7. The van der Waals surface area contributed by atoms with Gasteiger partial charge in [-0.05, 0) is 6.07 Å². The lowest BCUT2D eigenvalue weighted by atomic mass is 10.3. The predicted molar refractivity (Wildman–Crippen MR) is 63.6 cm³/mol. The van der Waals surface area contributed by atoms with E-state index in [2.05, 4.69) is 20.5 Å². The molecule has 2 aromatic rings. The van der Waals surface area contributed by atoms with Crippen molar-refractivity contribution >= 4 is 11.9 Å². The van der Waals surface area contributed by atoms with Gasteiger partial charge in [-0.1, -0.05) is 0 Å². The monoisotopic (exact) mass is 261 g/mol. The molecule has 0 aliphatic rings. The third-order valence-electron chi connectivity index (χ3n) is 2.35. The minimum absolute atomic E-state index is 0.0235. The van der Waals surface area contributed by atoms with Crippen LogP contribution in [0.3, 0.4) is 0 Å². The quantitative estimate of drug-likeness (QED) is 0.771. The van der Waals surface area contributed by atoms with Crippen molar-refractivity contribution in [3.05, 3.63) is 42.2 Å². The summed E-state index contributed by atoms with van der Waals surface area (Å²) in [6.45, 7) is 0.793. The number of carbonyl (C=O) groups excluding carboxylic acids is 1. The second-order valence-electron chi connectivity index (χ2n) is 3.69. The lowest BCUT2D eigenvalue weighted by Crippen LogP contribution is -2.27. The standard InChI is InChI=1S/C11H11N5O3/c17-10(8-1-2-14-15-5-8)12-3-4-16-6-9(11(18)19)13-7-16/h1-2,5-7H,3-4H2,(H,12,17)(H,18,19). The van der Waals surface area contributed by atoms with E-state index in [0.29, 0.717) is 18.7 Å². The number of hydrogen-bond donors (Lipinski definition) is 2. The van der Waals surface area contributed by atoms with Gasteiger partial charge < -0.3 is 15.0 Å². The SMILES string of the molecule is O=C(NCCn1cnc(C(=O)O)c1)c1ccnnc1. The van der Waals surface area contributed by atoms with Crippen molar-refractivity contribution in [2.75, 3.05) is 6.54 Å². The van der Waals surface area contributed by atoms with Gasteiger partial charge in [-0.15, -0.1) is 0 Å². The van der Waals surface area contributed by atoms with Crippen LogP contribution >= 0.6 is 0 Å². The highest BCUT2D eigenvalue weighted by Gasteiger charge is 2.07. The summed E-state index contributed by atoms with van der Waals surface area (Å²) in [4.78, 5) is 26.0. The van der Waals surface area contributed by atoms with Crippen molar-refractivity contribution in [1.82, 2.24) is 25.1 Å². The normalized spacial score (nSPS) is 10.1.